The minimum Gasteiger partial charge on any atom is -0.376 e. The van der Waals surface area contributed by atoms with Crippen LogP contribution in [-0.4, -0.2) is 55.4 Å². The van der Waals surface area contributed by atoms with Crippen LogP contribution in [0, 0.1) is 0 Å². The van der Waals surface area contributed by atoms with E-state index >= 15 is 0 Å². The van der Waals surface area contributed by atoms with Crippen molar-refractivity contribution in [3.05, 3.63) is 35.9 Å². The summed E-state index contributed by atoms with van der Waals surface area (Å²) in [6, 6.07) is 10.7. The van der Waals surface area contributed by atoms with E-state index in [2.05, 4.69) is 34.5 Å². The van der Waals surface area contributed by atoms with Crippen LogP contribution < -0.4 is 5.32 Å². The fourth-order valence-corrected chi connectivity index (χ4v) is 3.52. The highest BCUT2D eigenvalue weighted by Crippen LogP contribution is 2.15. The van der Waals surface area contributed by atoms with Gasteiger partial charge < -0.3 is 14.8 Å². The van der Waals surface area contributed by atoms with E-state index in [1.807, 2.05) is 13.0 Å². The maximum absolute atomic E-state index is 12.3. The van der Waals surface area contributed by atoms with Crippen LogP contribution in [0.1, 0.15) is 38.2 Å². The molecule has 2 heterocycles. The fourth-order valence-electron chi connectivity index (χ4n) is 3.52. The zero-order valence-corrected chi connectivity index (χ0v) is 15.2. The van der Waals surface area contributed by atoms with E-state index in [9.17, 15) is 4.79 Å². The van der Waals surface area contributed by atoms with Gasteiger partial charge in [0.25, 0.3) is 0 Å². The molecule has 138 valence electrons. The Bertz CT molecular complexity index is 531. The second kappa shape index (κ2) is 9.32. The maximum Gasteiger partial charge on any atom is 0.249 e. The summed E-state index contributed by atoms with van der Waals surface area (Å²) in [7, 11) is 0. The van der Waals surface area contributed by atoms with Gasteiger partial charge in [-0.05, 0) is 38.2 Å². The minimum atomic E-state index is -0.423. The number of benzene rings is 1. The van der Waals surface area contributed by atoms with Gasteiger partial charge in [-0.2, -0.15) is 0 Å². The van der Waals surface area contributed by atoms with Gasteiger partial charge in [0.05, 0.1) is 12.7 Å². The first kappa shape index (κ1) is 18.4. The summed E-state index contributed by atoms with van der Waals surface area (Å²) in [5.74, 6) is -0.0117. The Morgan fingerprint density at radius 3 is 2.92 bits per heavy atom. The molecule has 3 rings (SSSR count). The smallest absolute Gasteiger partial charge is 0.249 e. The minimum absolute atomic E-state index is 0.0117. The third kappa shape index (κ3) is 5.80. The van der Waals surface area contributed by atoms with Gasteiger partial charge in [-0.3, -0.25) is 9.69 Å². The molecule has 0 radical (unpaired) electrons. The van der Waals surface area contributed by atoms with Crippen molar-refractivity contribution in [2.45, 2.75) is 57.4 Å². The second-order valence-electron chi connectivity index (χ2n) is 7.18. The topological polar surface area (TPSA) is 50.8 Å². The van der Waals surface area contributed by atoms with E-state index < -0.39 is 6.10 Å². The van der Waals surface area contributed by atoms with Gasteiger partial charge in [-0.15, -0.1) is 0 Å². The number of hydrogen-bond acceptors (Lipinski definition) is 4. The lowest BCUT2D eigenvalue weighted by Gasteiger charge is -2.24. The normalized spacial score (nSPS) is 25.6. The Balaban J connectivity index is 1.36. The molecule has 2 saturated heterocycles. The van der Waals surface area contributed by atoms with Gasteiger partial charge in [0, 0.05) is 32.3 Å². The third-order valence-electron chi connectivity index (χ3n) is 5.04. The van der Waals surface area contributed by atoms with Crippen molar-refractivity contribution in [3.8, 4) is 0 Å². The van der Waals surface area contributed by atoms with E-state index in [0.717, 1.165) is 45.5 Å². The molecule has 0 aromatic heterocycles. The molecule has 2 aliphatic rings. The SMILES string of the molecule is C[C@H](OC[C@@H]1CCCCO1)C(=O)N[C@H]1CCN(Cc2ccccc2)C1. The number of amides is 1. The molecule has 2 aliphatic heterocycles. The van der Waals surface area contributed by atoms with Crippen LogP contribution >= 0.6 is 0 Å². The summed E-state index contributed by atoms with van der Waals surface area (Å²) in [4.78, 5) is 14.7. The quantitative estimate of drug-likeness (QED) is 0.823. The predicted molar refractivity (Wildman–Crippen MR) is 97.3 cm³/mol. The van der Waals surface area contributed by atoms with Crippen molar-refractivity contribution in [3.63, 3.8) is 0 Å². The van der Waals surface area contributed by atoms with Gasteiger partial charge >= 0.3 is 0 Å². The van der Waals surface area contributed by atoms with E-state index in [0.29, 0.717) is 6.61 Å². The Morgan fingerprint density at radius 1 is 1.32 bits per heavy atom. The van der Waals surface area contributed by atoms with Crippen LogP contribution in [0.4, 0.5) is 0 Å². The number of ether oxygens (including phenoxy) is 2. The lowest BCUT2D eigenvalue weighted by molar-refractivity contribution is -0.136. The second-order valence-corrected chi connectivity index (χ2v) is 7.18. The molecule has 0 unspecified atom stereocenters. The molecule has 1 amide bonds. The number of carbonyl (C=O) groups is 1. The number of rotatable bonds is 7. The average Bonchev–Trinajstić information content (AvgIpc) is 3.08. The Labute approximate surface area is 150 Å². The van der Waals surface area contributed by atoms with Gasteiger partial charge in [-0.25, -0.2) is 0 Å². The summed E-state index contributed by atoms with van der Waals surface area (Å²) in [6.45, 7) is 6.02. The molecule has 1 aromatic carbocycles. The molecule has 1 N–H and O–H groups in total. The van der Waals surface area contributed by atoms with Crippen molar-refractivity contribution in [1.29, 1.82) is 0 Å². The first-order valence-electron chi connectivity index (χ1n) is 9.50. The van der Waals surface area contributed by atoms with Crippen LogP contribution in [-0.2, 0) is 20.8 Å². The van der Waals surface area contributed by atoms with Gasteiger partial charge in [0.1, 0.15) is 6.10 Å². The van der Waals surface area contributed by atoms with Crippen LogP contribution in [0.5, 0.6) is 0 Å². The molecule has 0 bridgehead atoms. The highest BCUT2D eigenvalue weighted by Gasteiger charge is 2.26. The summed E-state index contributed by atoms with van der Waals surface area (Å²) in [5, 5.41) is 3.14. The van der Waals surface area contributed by atoms with Crippen LogP contribution in [0.2, 0.25) is 0 Å². The number of hydrogen-bond donors (Lipinski definition) is 1. The van der Waals surface area contributed by atoms with E-state index in [4.69, 9.17) is 9.47 Å². The van der Waals surface area contributed by atoms with Crippen molar-refractivity contribution in [2.24, 2.45) is 0 Å². The highest BCUT2D eigenvalue weighted by atomic mass is 16.5. The summed E-state index contributed by atoms with van der Waals surface area (Å²) in [5.41, 5.74) is 1.32. The van der Waals surface area contributed by atoms with Crippen LogP contribution in [0.3, 0.4) is 0 Å². The first-order chi connectivity index (χ1) is 12.2. The van der Waals surface area contributed by atoms with Gasteiger partial charge in [0.15, 0.2) is 0 Å². The summed E-state index contributed by atoms with van der Waals surface area (Å²) in [6.07, 6.45) is 4.08. The standard InChI is InChI=1S/C20H30N2O3/c1-16(25-15-19-9-5-6-12-24-19)20(23)21-18-10-11-22(14-18)13-17-7-3-2-4-8-17/h2-4,7-8,16,18-19H,5-6,9-15H2,1H3,(H,21,23)/t16-,18-,19-/m0/s1. The van der Waals surface area contributed by atoms with Crippen LogP contribution in [0.25, 0.3) is 0 Å². The number of carbonyl (C=O) groups excluding carboxylic acids is 1. The summed E-state index contributed by atoms with van der Waals surface area (Å²) >= 11 is 0. The van der Waals surface area contributed by atoms with Gasteiger partial charge in [0.2, 0.25) is 5.91 Å². The molecule has 3 atom stereocenters. The fraction of sp³-hybridized carbons (Fsp3) is 0.650. The zero-order chi connectivity index (χ0) is 17.5. The summed E-state index contributed by atoms with van der Waals surface area (Å²) < 4.78 is 11.4. The monoisotopic (exact) mass is 346 g/mol. The van der Waals surface area contributed by atoms with Crippen molar-refractivity contribution < 1.29 is 14.3 Å². The Hall–Kier alpha value is -1.43. The molecule has 0 saturated carbocycles. The Kier molecular flexibility index (Phi) is 6.84. The first-order valence-corrected chi connectivity index (χ1v) is 9.50. The molecule has 2 fully saturated rings. The number of likely N-dealkylation sites (tertiary alicyclic amines) is 1. The lowest BCUT2D eigenvalue weighted by Crippen LogP contribution is -2.43. The van der Waals surface area contributed by atoms with Crippen LogP contribution in [0.15, 0.2) is 30.3 Å². The molecule has 0 aliphatic carbocycles. The molecule has 5 heteroatoms. The van der Waals surface area contributed by atoms with E-state index in [1.54, 1.807) is 0 Å². The predicted octanol–water partition coefficient (Wildman–Crippen LogP) is 2.35. The Morgan fingerprint density at radius 2 is 2.16 bits per heavy atom. The molecular weight excluding hydrogens is 316 g/mol. The molecule has 25 heavy (non-hydrogen) atoms. The maximum atomic E-state index is 12.3. The number of nitrogens with zero attached hydrogens (tertiary/aromatic N) is 1. The van der Waals surface area contributed by atoms with E-state index in [1.165, 1.54) is 12.0 Å². The largest absolute Gasteiger partial charge is 0.376 e. The van der Waals surface area contributed by atoms with Crippen molar-refractivity contribution in [1.82, 2.24) is 10.2 Å². The lowest BCUT2D eigenvalue weighted by atomic mass is 10.1. The number of nitrogens with one attached hydrogen (secondary N) is 1. The van der Waals surface area contributed by atoms with E-state index in [-0.39, 0.29) is 18.1 Å². The third-order valence-corrected chi connectivity index (χ3v) is 5.04. The van der Waals surface area contributed by atoms with Crippen molar-refractivity contribution >= 4 is 5.91 Å². The highest BCUT2D eigenvalue weighted by molar-refractivity contribution is 5.80. The average molecular weight is 346 g/mol. The molecular formula is C20H30N2O3. The van der Waals surface area contributed by atoms with Crippen molar-refractivity contribution in [2.75, 3.05) is 26.3 Å². The zero-order valence-electron chi connectivity index (χ0n) is 15.2. The molecule has 1 aromatic rings. The van der Waals surface area contributed by atoms with Gasteiger partial charge in [-0.1, -0.05) is 30.3 Å². The molecule has 5 nitrogen and oxygen atoms in total. The molecule has 0 spiro atoms.